The third kappa shape index (κ3) is 2.66. The molecular weight excluding hydrogens is 258 g/mol. The molecule has 0 bridgehead atoms. The van der Waals surface area contributed by atoms with E-state index in [4.69, 9.17) is 10.5 Å². The van der Waals surface area contributed by atoms with Gasteiger partial charge in [-0.15, -0.1) is 5.10 Å². The van der Waals surface area contributed by atoms with E-state index in [0.29, 0.717) is 28.4 Å². The molecule has 0 aliphatic carbocycles. The van der Waals surface area contributed by atoms with Crippen LogP contribution in [-0.2, 0) is 0 Å². The maximum absolute atomic E-state index is 12.2. The normalized spacial score (nSPS) is 10.2. The van der Waals surface area contributed by atoms with Crippen LogP contribution in [0, 0.1) is 13.8 Å². The number of aryl methyl sites for hydroxylation is 2. The van der Waals surface area contributed by atoms with Crippen molar-refractivity contribution < 1.29 is 9.53 Å². The molecule has 1 heterocycles. The van der Waals surface area contributed by atoms with Crippen molar-refractivity contribution in [2.45, 2.75) is 13.8 Å². The average Bonchev–Trinajstić information content (AvgIpc) is 2.42. The van der Waals surface area contributed by atoms with Gasteiger partial charge in [0.15, 0.2) is 5.75 Å². The molecule has 1 aromatic heterocycles. The van der Waals surface area contributed by atoms with Crippen LogP contribution >= 0.6 is 0 Å². The number of nitrogen functional groups attached to an aromatic ring is 1. The Hall–Kier alpha value is -2.70. The summed E-state index contributed by atoms with van der Waals surface area (Å²) in [7, 11) is 1.45. The average molecular weight is 273 g/mol. The van der Waals surface area contributed by atoms with Gasteiger partial charge in [0, 0.05) is 0 Å². The fourth-order valence-corrected chi connectivity index (χ4v) is 1.64. The summed E-state index contributed by atoms with van der Waals surface area (Å²) in [6, 6.07) is 4.94. The molecule has 0 saturated heterocycles. The number of benzene rings is 1. The lowest BCUT2D eigenvalue weighted by Crippen LogP contribution is -2.17. The Bertz CT molecular complexity index is 657. The summed E-state index contributed by atoms with van der Waals surface area (Å²) in [5, 5.41) is 10.3. The van der Waals surface area contributed by atoms with Crippen LogP contribution in [0.15, 0.2) is 18.2 Å². The summed E-state index contributed by atoms with van der Waals surface area (Å²) < 4.78 is 5.14. The number of aromatic nitrogens is 3. The Kier molecular flexibility index (Phi) is 3.79. The highest BCUT2D eigenvalue weighted by Gasteiger charge is 2.16. The highest BCUT2D eigenvalue weighted by molar-refractivity contribution is 6.06. The van der Waals surface area contributed by atoms with E-state index in [9.17, 15) is 4.79 Å². The highest BCUT2D eigenvalue weighted by atomic mass is 16.5. The number of anilines is 2. The maximum atomic E-state index is 12.2. The van der Waals surface area contributed by atoms with Gasteiger partial charge in [0.25, 0.3) is 5.91 Å². The summed E-state index contributed by atoms with van der Waals surface area (Å²) in [5.74, 6) is 0.0589. The van der Waals surface area contributed by atoms with Gasteiger partial charge in [0.2, 0.25) is 5.95 Å². The first-order chi connectivity index (χ1) is 9.52. The fourth-order valence-electron chi connectivity index (χ4n) is 1.64. The molecular formula is C13H15N5O2. The van der Waals surface area contributed by atoms with Crippen LogP contribution in [0.25, 0.3) is 0 Å². The smallest absolute Gasteiger partial charge is 0.261 e. The van der Waals surface area contributed by atoms with Crippen LogP contribution in [0.3, 0.4) is 0 Å². The minimum atomic E-state index is -0.404. The number of nitrogens with one attached hydrogen (secondary N) is 1. The Morgan fingerprint density at radius 3 is 2.65 bits per heavy atom. The van der Waals surface area contributed by atoms with Gasteiger partial charge >= 0.3 is 0 Å². The molecule has 1 aromatic carbocycles. The molecule has 0 aliphatic rings. The third-order valence-electron chi connectivity index (χ3n) is 2.81. The lowest BCUT2D eigenvalue weighted by atomic mass is 10.1. The van der Waals surface area contributed by atoms with E-state index in [0.717, 1.165) is 0 Å². The maximum Gasteiger partial charge on any atom is 0.261 e. The van der Waals surface area contributed by atoms with E-state index in [2.05, 4.69) is 20.5 Å². The van der Waals surface area contributed by atoms with Crippen LogP contribution in [-0.4, -0.2) is 28.2 Å². The predicted octanol–water partition coefficient (Wildman–Crippen LogP) is 1.33. The lowest BCUT2D eigenvalue weighted by Gasteiger charge is -2.10. The van der Waals surface area contributed by atoms with Gasteiger partial charge in [0.05, 0.1) is 29.7 Å². The molecule has 0 unspecified atom stereocenters. The second-order valence-electron chi connectivity index (χ2n) is 4.19. The van der Waals surface area contributed by atoms with Crippen molar-refractivity contribution in [3.8, 4) is 5.75 Å². The van der Waals surface area contributed by atoms with Crippen molar-refractivity contribution in [3.63, 3.8) is 0 Å². The second kappa shape index (κ2) is 5.52. The quantitative estimate of drug-likeness (QED) is 0.818. The van der Waals surface area contributed by atoms with Gasteiger partial charge in [-0.1, -0.05) is 6.07 Å². The van der Waals surface area contributed by atoms with Crippen molar-refractivity contribution in [1.82, 2.24) is 15.2 Å². The number of para-hydroxylation sites is 1. The zero-order chi connectivity index (χ0) is 14.7. The first kappa shape index (κ1) is 13.7. The zero-order valence-electron chi connectivity index (χ0n) is 11.5. The third-order valence-corrected chi connectivity index (χ3v) is 2.81. The fraction of sp³-hybridized carbons (Fsp3) is 0.231. The molecule has 0 saturated carbocycles. The van der Waals surface area contributed by atoms with Crippen LogP contribution in [0.2, 0.25) is 0 Å². The van der Waals surface area contributed by atoms with Crippen LogP contribution < -0.4 is 15.8 Å². The van der Waals surface area contributed by atoms with E-state index < -0.39 is 5.91 Å². The number of rotatable bonds is 3. The molecule has 0 spiro atoms. The minimum Gasteiger partial charge on any atom is -0.494 e. The Balaban J connectivity index is 2.28. The molecule has 2 rings (SSSR count). The van der Waals surface area contributed by atoms with E-state index in [1.807, 2.05) is 0 Å². The summed E-state index contributed by atoms with van der Waals surface area (Å²) in [6.45, 7) is 3.59. The highest BCUT2D eigenvalue weighted by Crippen LogP contribution is 2.26. The van der Waals surface area contributed by atoms with E-state index >= 15 is 0 Å². The number of ether oxygens (including phenoxy) is 1. The second-order valence-corrected chi connectivity index (χ2v) is 4.19. The minimum absolute atomic E-state index is 0.141. The van der Waals surface area contributed by atoms with E-state index in [-0.39, 0.29) is 5.95 Å². The first-order valence-corrected chi connectivity index (χ1v) is 5.94. The summed E-state index contributed by atoms with van der Waals surface area (Å²) in [5.41, 5.74) is 7.88. The van der Waals surface area contributed by atoms with E-state index in [1.54, 1.807) is 32.0 Å². The number of hydrogen-bond donors (Lipinski definition) is 2. The van der Waals surface area contributed by atoms with Crippen molar-refractivity contribution in [3.05, 3.63) is 35.2 Å². The molecule has 7 heteroatoms. The summed E-state index contributed by atoms with van der Waals surface area (Å²) in [6.07, 6.45) is 0. The Morgan fingerprint density at radius 1 is 1.25 bits per heavy atom. The number of methoxy groups -OCH3 is 1. The van der Waals surface area contributed by atoms with Crippen molar-refractivity contribution in [2.24, 2.45) is 0 Å². The molecule has 0 aliphatic heterocycles. The summed E-state index contributed by atoms with van der Waals surface area (Å²) >= 11 is 0. The number of amides is 1. The number of carbonyl (C=O) groups excluding carboxylic acids is 1. The number of nitrogens with two attached hydrogens (primary N) is 1. The predicted molar refractivity (Wildman–Crippen MR) is 74.7 cm³/mol. The van der Waals surface area contributed by atoms with Gasteiger partial charge in [0.1, 0.15) is 0 Å². The zero-order valence-corrected chi connectivity index (χ0v) is 11.5. The molecule has 104 valence electrons. The number of nitrogens with zero attached hydrogens (tertiary/aromatic N) is 3. The van der Waals surface area contributed by atoms with Crippen LogP contribution in [0.5, 0.6) is 5.75 Å². The van der Waals surface area contributed by atoms with Gasteiger partial charge in [-0.3, -0.25) is 10.1 Å². The monoisotopic (exact) mass is 273 g/mol. The van der Waals surface area contributed by atoms with Crippen molar-refractivity contribution in [2.75, 3.05) is 18.2 Å². The number of carbonyl (C=O) groups is 1. The molecule has 3 N–H and O–H groups in total. The van der Waals surface area contributed by atoms with Gasteiger partial charge in [-0.25, -0.2) is 4.98 Å². The molecule has 0 fully saturated rings. The van der Waals surface area contributed by atoms with Gasteiger partial charge in [-0.05, 0) is 26.0 Å². The van der Waals surface area contributed by atoms with E-state index in [1.165, 1.54) is 7.11 Å². The molecule has 20 heavy (non-hydrogen) atoms. The topological polar surface area (TPSA) is 103 Å². The lowest BCUT2D eigenvalue weighted by molar-refractivity contribution is 0.102. The first-order valence-electron chi connectivity index (χ1n) is 5.94. The summed E-state index contributed by atoms with van der Waals surface area (Å²) in [4.78, 5) is 16.3. The van der Waals surface area contributed by atoms with Crippen LogP contribution in [0.4, 0.5) is 11.6 Å². The van der Waals surface area contributed by atoms with Crippen molar-refractivity contribution >= 4 is 17.5 Å². The molecule has 0 atom stereocenters. The largest absolute Gasteiger partial charge is 0.494 e. The van der Waals surface area contributed by atoms with Gasteiger partial charge in [-0.2, -0.15) is 5.10 Å². The van der Waals surface area contributed by atoms with Crippen LogP contribution in [0.1, 0.15) is 21.7 Å². The Labute approximate surface area is 116 Å². The molecule has 2 aromatic rings. The molecule has 1 amide bonds. The molecule has 0 radical (unpaired) electrons. The SMILES string of the molecule is COc1c(N)cccc1C(=O)Nc1nnc(C)c(C)n1. The van der Waals surface area contributed by atoms with Crippen molar-refractivity contribution in [1.29, 1.82) is 0 Å². The molecule has 7 nitrogen and oxygen atoms in total. The number of hydrogen-bond acceptors (Lipinski definition) is 6. The Morgan fingerprint density at radius 2 is 2.00 bits per heavy atom. The standard InChI is InChI=1S/C13H15N5O2/c1-7-8(2)17-18-13(15-7)16-12(19)9-5-4-6-10(14)11(9)20-3/h4-6H,14H2,1-3H3,(H,15,16,18,19). The van der Waals surface area contributed by atoms with Gasteiger partial charge < -0.3 is 10.5 Å².